The molecule has 104 valence electrons. The normalized spacial score (nSPS) is 13.5. The molecule has 1 aromatic rings. The van der Waals surface area contributed by atoms with Crippen LogP contribution in [0.25, 0.3) is 0 Å². The molecule has 0 aliphatic carbocycles. The minimum atomic E-state index is -1.70. The van der Waals surface area contributed by atoms with Gasteiger partial charge in [-0.1, -0.05) is 18.2 Å². The number of carbonyl (C=O) groups excluding carboxylic acids is 2. The zero-order valence-electron chi connectivity index (χ0n) is 10.8. The summed E-state index contributed by atoms with van der Waals surface area (Å²) in [6, 6.07) is 6.37. The van der Waals surface area contributed by atoms with Crippen LogP contribution in [-0.2, 0) is 14.3 Å². The van der Waals surface area contributed by atoms with Gasteiger partial charge in [-0.25, -0.2) is 4.79 Å². The van der Waals surface area contributed by atoms with Gasteiger partial charge in [-0.3, -0.25) is 4.79 Å². The van der Waals surface area contributed by atoms with Crippen LogP contribution in [0.2, 0.25) is 0 Å². The van der Waals surface area contributed by atoms with Gasteiger partial charge in [-0.2, -0.15) is 0 Å². The van der Waals surface area contributed by atoms with Gasteiger partial charge in [0.15, 0.2) is 6.10 Å². The van der Waals surface area contributed by atoms with Crippen LogP contribution in [0.5, 0.6) is 0 Å². The second-order valence-corrected chi connectivity index (χ2v) is 3.91. The Bertz CT molecular complexity index is 460. The molecule has 2 unspecified atom stereocenters. The fourth-order valence-corrected chi connectivity index (χ4v) is 1.59. The first-order chi connectivity index (χ1) is 8.97. The number of carbonyl (C=O) groups is 2. The van der Waals surface area contributed by atoms with Crippen molar-refractivity contribution < 1.29 is 24.5 Å². The molecule has 0 spiro atoms. The molecule has 1 amide bonds. The molecular weight excluding hydrogens is 250 g/mol. The molecule has 0 aliphatic rings. The second-order valence-electron chi connectivity index (χ2n) is 3.91. The van der Waals surface area contributed by atoms with Crippen molar-refractivity contribution in [2.45, 2.75) is 26.1 Å². The highest BCUT2D eigenvalue weighted by molar-refractivity contribution is 5.89. The smallest absolute Gasteiger partial charge is 0.338 e. The number of ether oxygens (including phenoxy) is 1. The van der Waals surface area contributed by atoms with E-state index >= 15 is 0 Å². The number of benzene rings is 1. The number of anilines is 1. The summed E-state index contributed by atoms with van der Waals surface area (Å²) in [5, 5.41) is 22.2. The lowest BCUT2D eigenvalue weighted by Crippen LogP contribution is -2.30. The lowest BCUT2D eigenvalue weighted by atomic mass is 10.0. The van der Waals surface area contributed by atoms with Crippen LogP contribution in [0.1, 0.15) is 25.5 Å². The van der Waals surface area contributed by atoms with Crippen molar-refractivity contribution in [2.24, 2.45) is 0 Å². The maximum Gasteiger partial charge on any atom is 0.338 e. The molecule has 1 rings (SSSR count). The number of para-hydroxylation sites is 1. The van der Waals surface area contributed by atoms with E-state index in [0.29, 0.717) is 5.69 Å². The van der Waals surface area contributed by atoms with Gasteiger partial charge >= 0.3 is 5.97 Å². The summed E-state index contributed by atoms with van der Waals surface area (Å²) >= 11 is 0. The molecule has 0 heterocycles. The SMILES string of the molecule is CCOC(=O)C(O)C(O)c1ccccc1NC(C)=O. The van der Waals surface area contributed by atoms with Gasteiger partial charge in [0.25, 0.3) is 0 Å². The summed E-state index contributed by atoms with van der Waals surface area (Å²) in [5.41, 5.74) is 0.587. The zero-order valence-corrected chi connectivity index (χ0v) is 10.8. The number of rotatable bonds is 5. The standard InChI is InChI=1S/C13H17NO5/c1-3-19-13(18)12(17)11(16)9-6-4-5-7-10(9)14-8(2)15/h4-7,11-12,16-17H,3H2,1-2H3,(H,14,15). The third-order valence-electron chi connectivity index (χ3n) is 2.42. The summed E-state index contributed by atoms with van der Waals surface area (Å²) in [6.07, 6.45) is -3.17. The number of hydrogen-bond donors (Lipinski definition) is 3. The first-order valence-electron chi connectivity index (χ1n) is 5.86. The molecule has 0 fully saturated rings. The van der Waals surface area contributed by atoms with Crippen LogP contribution in [-0.4, -0.2) is 34.8 Å². The lowest BCUT2D eigenvalue weighted by molar-refractivity contribution is -0.159. The molecule has 0 aromatic heterocycles. The molecule has 2 atom stereocenters. The second kappa shape index (κ2) is 6.86. The Morgan fingerprint density at radius 3 is 2.53 bits per heavy atom. The molecule has 3 N–H and O–H groups in total. The number of aliphatic hydroxyl groups excluding tert-OH is 2. The van der Waals surface area contributed by atoms with Gasteiger partial charge in [-0.05, 0) is 13.0 Å². The minimum Gasteiger partial charge on any atom is -0.464 e. The number of amides is 1. The molecule has 1 aromatic carbocycles. The maximum atomic E-state index is 11.4. The van der Waals surface area contributed by atoms with Crippen molar-refractivity contribution in [1.29, 1.82) is 0 Å². The van der Waals surface area contributed by atoms with Crippen LogP contribution in [0, 0.1) is 0 Å². The molecule has 0 aliphatic heterocycles. The third kappa shape index (κ3) is 4.04. The first kappa shape index (κ1) is 15.1. The van der Waals surface area contributed by atoms with E-state index in [1.165, 1.54) is 13.0 Å². The van der Waals surface area contributed by atoms with Crippen LogP contribution < -0.4 is 5.32 Å². The Hall–Kier alpha value is -1.92. The lowest BCUT2D eigenvalue weighted by Gasteiger charge is -2.19. The highest BCUT2D eigenvalue weighted by Gasteiger charge is 2.28. The average Bonchev–Trinajstić information content (AvgIpc) is 2.37. The van der Waals surface area contributed by atoms with E-state index in [1.807, 2.05) is 0 Å². The van der Waals surface area contributed by atoms with E-state index in [2.05, 4.69) is 10.1 Å². The molecule has 6 heteroatoms. The van der Waals surface area contributed by atoms with Crippen LogP contribution >= 0.6 is 0 Å². The molecule has 0 saturated heterocycles. The predicted molar refractivity (Wildman–Crippen MR) is 68.3 cm³/mol. The molecule has 0 radical (unpaired) electrons. The van der Waals surface area contributed by atoms with Crippen molar-refractivity contribution in [1.82, 2.24) is 0 Å². The van der Waals surface area contributed by atoms with Crippen molar-refractivity contribution in [3.63, 3.8) is 0 Å². The first-order valence-corrected chi connectivity index (χ1v) is 5.86. The highest BCUT2D eigenvalue weighted by Crippen LogP contribution is 2.25. The fourth-order valence-electron chi connectivity index (χ4n) is 1.59. The summed E-state index contributed by atoms with van der Waals surface area (Å²) in [4.78, 5) is 22.4. The highest BCUT2D eigenvalue weighted by atomic mass is 16.5. The summed E-state index contributed by atoms with van der Waals surface area (Å²) < 4.78 is 4.63. The van der Waals surface area contributed by atoms with Gasteiger partial charge in [0, 0.05) is 18.2 Å². The largest absolute Gasteiger partial charge is 0.464 e. The molecular formula is C13H17NO5. The fraction of sp³-hybridized carbons (Fsp3) is 0.385. The van der Waals surface area contributed by atoms with E-state index in [0.717, 1.165) is 0 Å². The monoisotopic (exact) mass is 267 g/mol. The average molecular weight is 267 g/mol. The number of hydrogen-bond acceptors (Lipinski definition) is 5. The van der Waals surface area contributed by atoms with Crippen molar-refractivity contribution >= 4 is 17.6 Å². The van der Waals surface area contributed by atoms with E-state index in [1.54, 1.807) is 25.1 Å². The topological polar surface area (TPSA) is 95.9 Å². The van der Waals surface area contributed by atoms with Crippen molar-refractivity contribution in [2.75, 3.05) is 11.9 Å². The Labute approximate surface area is 111 Å². The van der Waals surface area contributed by atoms with Gasteiger partial charge < -0.3 is 20.3 Å². The molecule has 6 nitrogen and oxygen atoms in total. The van der Waals surface area contributed by atoms with Gasteiger partial charge in [0.2, 0.25) is 5.91 Å². The van der Waals surface area contributed by atoms with Crippen molar-refractivity contribution in [3.05, 3.63) is 29.8 Å². The molecule has 0 saturated carbocycles. The Kier molecular flexibility index (Phi) is 5.47. The third-order valence-corrected chi connectivity index (χ3v) is 2.42. The van der Waals surface area contributed by atoms with Crippen LogP contribution in [0.3, 0.4) is 0 Å². The van der Waals surface area contributed by atoms with Crippen LogP contribution in [0.4, 0.5) is 5.69 Å². The summed E-state index contributed by atoms with van der Waals surface area (Å²) in [7, 11) is 0. The summed E-state index contributed by atoms with van der Waals surface area (Å²) in [5.74, 6) is -1.22. The minimum absolute atomic E-state index is 0.107. The maximum absolute atomic E-state index is 11.4. The van der Waals surface area contributed by atoms with E-state index in [9.17, 15) is 19.8 Å². The van der Waals surface area contributed by atoms with Crippen LogP contribution in [0.15, 0.2) is 24.3 Å². The van der Waals surface area contributed by atoms with E-state index in [-0.39, 0.29) is 18.1 Å². The summed E-state index contributed by atoms with van der Waals surface area (Å²) in [6.45, 7) is 3.03. The Morgan fingerprint density at radius 2 is 1.95 bits per heavy atom. The van der Waals surface area contributed by atoms with E-state index < -0.39 is 18.2 Å². The van der Waals surface area contributed by atoms with Gasteiger partial charge in [0.05, 0.1) is 6.61 Å². The number of nitrogens with one attached hydrogen (secondary N) is 1. The van der Waals surface area contributed by atoms with Gasteiger partial charge in [0.1, 0.15) is 6.10 Å². The van der Waals surface area contributed by atoms with Crippen molar-refractivity contribution in [3.8, 4) is 0 Å². The van der Waals surface area contributed by atoms with E-state index in [4.69, 9.17) is 0 Å². The zero-order chi connectivity index (χ0) is 14.4. The molecule has 0 bridgehead atoms. The quantitative estimate of drug-likeness (QED) is 0.679. The number of aliphatic hydroxyl groups is 2. The number of esters is 1. The Balaban J connectivity index is 2.95. The Morgan fingerprint density at radius 1 is 1.32 bits per heavy atom. The molecule has 19 heavy (non-hydrogen) atoms. The van der Waals surface area contributed by atoms with Gasteiger partial charge in [-0.15, -0.1) is 0 Å². The predicted octanol–water partition coefficient (Wildman–Crippen LogP) is 0.602.